The van der Waals surface area contributed by atoms with Gasteiger partial charge in [0, 0.05) is 13.5 Å². The number of hydrogen-bond acceptors (Lipinski definition) is 4. The topological polar surface area (TPSA) is 51.2 Å². The molecule has 30 heavy (non-hydrogen) atoms. The molecule has 1 fully saturated rings. The third-order valence-electron chi connectivity index (χ3n) is 3.91. The van der Waals surface area contributed by atoms with Crippen LogP contribution >= 0.6 is 0 Å². The van der Waals surface area contributed by atoms with E-state index < -0.39 is 67.3 Å². The van der Waals surface area contributed by atoms with Crippen molar-refractivity contribution in [2.75, 3.05) is 20.3 Å². The van der Waals surface area contributed by atoms with E-state index in [2.05, 4.69) is 14.2 Å². The quantitative estimate of drug-likeness (QED) is 0.277. The minimum atomic E-state index is -7.98. The monoisotopic (exact) mass is 480 g/mol. The highest BCUT2D eigenvalue weighted by atomic mass is 19.4. The van der Waals surface area contributed by atoms with Crippen LogP contribution in [0.2, 0.25) is 0 Å². The van der Waals surface area contributed by atoms with Gasteiger partial charge in [-0.15, -0.1) is 0 Å². The Kier molecular flexibility index (Phi) is 7.30. The normalized spacial score (nSPS) is 21.5. The first kappa shape index (κ1) is 27.0. The summed E-state index contributed by atoms with van der Waals surface area (Å²) < 4.78 is 183. The summed E-state index contributed by atoms with van der Waals surface area (Å²) in [7, 11) is 0.609. The fraction of sp³-hybridized carbons (Fsp3) is 1.00. The summed E-state index contributed by atoms with van der Waals surface area (Å²) in [5.41, 5.74) is 0. The van der Waals surface area contributed by atoms with Gasteiger partial charge in [-0.25, -0.2) is 0 Å². The lowest BCUT2D eigenvalue weighted by molar-refractivity contribution is -0.441. The molecule has 3 unspecified atom stereocenters. The van der Waals surface area contributed by atoms with Crippen LogP contribution in [0.15, 0.2) is 0 Å². The Morgan fingerprint density at radius 3 is 1.63 bits per heavy atom. The molecule has 1 saturated heterocycles. The summed E-state index contributed by atoms with van der Waals surface area (Å²) >= 11 is 0. The second kappa shape index (κ2) is 8.12. The van der Waals surface area contributed by atoms with Crippen molar-refractivity contribution in [3.8, 4) is 0 Å². The van der Waals surface area contributed by atoms with Gasteiger partial charge in [-0.05, 0) is 0 Å². The average Bonchev–Trinajstić information content (AvgIpc) is 3.40. The Bertz CT molecular complexity index is 588. The Balaban J connectivity index is 3.25. The molecule has 1 aliphatic rings. The van der Waals surface area contributed by atoms with Crippen molar-refractivity contribution in [2.45, 2.75) is 60.7 Å². The first-order chi connectivity index (χ1) is 13.2. The van der Waals surface area contributed by atoms with E-state index in [0.29, 0.717) is 7.11 Å². The van der Waals surface area contributed by atoms with Crippen LogP contribution < -0.4 is 0 Å². The largest absolute Gasteiger partial charge is 0.460 e. The first-order valence-corrected chi connectivity index (χ1v) is 7.57. The molecular formula is C13H13F13O4. The smallest absolute Gasteiger partial charge is 0.371 e. The van der Waals surface area contributed by atoms with Crippen LogP contribution in [-0.2, 0) is 14.2 Å². The molecule has 1 heterocycles. The van der Waals surface area contributed by atoms with E-state index >= 15 is 0 Å². The van der Waals surface area contributed by atoms with Gasteiger partial charge in [0.25, 0.3) is 0 Å². The number of aliphatic hydroxyl groups is 1. The van der Waals surface area contributed by atoms with Crippen molar-refractivity contribution in [3.05, 3.63) is 0 Å². The minimum Gasteiger partial charge on any atom is -0.371 e. The predicted octanol–water partition coefficient (Wildman–Crippen LogP) is 3.86. The average molecular weight is 480 g/mol. The van der Waals surface area contributed by atoms with Crippen LogP contribution in [0, 0.1) is 0 Å². The fourth-order valence-electron chi connectivity index (χ4n) is 1.97. The zero-order chi connectivity index (χ0) is 24.0. The van der Waals surface area contributed by atoms with Crippen molar-refractivity contribution < 1.29 is 76.4 Å². The maximum atomic E-state index is 13.8. The van der Waals surface area contributed by atoms with E-state index in [1.165, 1.54) is 0 Å². The molecule has 0 saturated carbocycles. The second-order valence-corrected chi connectivity index (χ2v) is 6.16. The van der Waals surface area contributed by atoms with Crippen LogP contribution in [0.25, 0.3) is 0 Å². The van der Waals surface area contributed by atoms with E-state index in [9.17, 15) is 62.2 Å². The van der Waals surface area contributed by atoms with Crippen LogP contribution in [0.3, 0.4) is 0 Å². The molecular weight excluding hydrogens is 467 g/mol. The Morgan fingerprint density at radius 2 is 1.27 bits per heavy atom. The van der Waals surface area contributed by atoms with Crippen molar-refractivity contribution in [2.24, 2.45) is 0 Å². The number of aliphatic hydroxyl groups excluding tert-OH is 1. The molecule has 3 atom stereocenters. The molecule has 0 aromatic rings. The van der Waals surface area contributed by atoms with Crippen molar-refractivity contribution in [1.29, 1.82) is 0 Å². The van der Waals surface area contributed by atoms with E-state index in [4.69, 9.17) is 0 Å². The molecule has 0 spiro atoms. The number of hydrogen-bond donors (Lipinski definition) is 1. The fourth-order valence-corrected chi connectivity index (χ4v) is 1.97. The standard InChI is InChI=1S/C13H13F13O4/c1-28-7(27)6(30-4-5-3-29-5)2-8(14,15)9(16,17)10(18,19)11(20,21)12(22,23)13(24,25)26/h5-7,27H,2-4H2,1H3. The highest BCUT2D eigenvalue weighted by Crippen LogP contribution is 2.60. The molecule has 0 amide bonds. The van der Waals surface area contributed by atoms with Gasteiger partial charge in [0.05, 0.1) is 13.2 Å². The van der Waals surface area contributed by atoms with Crippen LogP contribution in [-0.4, -0.2) is 79.7 Å². The lowest BCUT2D eigenvalue weighted by atomic mass is 9.91. The maximum absolute atomic E-state index is 13.8. The summed E-state index contributed by atoms with van der Waals surface area (Å²) in [4.78, 5) is 0. The number of methoxy groups -OCH3 is 1. The van der Waals surface area contributed by atoms with Crippen LogP contribution in [0.1, 0.15) is 6.42 Å². The lowest BCUT2D eigenvalue weighted by Crippen LogP contribution is -2.70. The highest BCUT2D eigenvalue weighted by molar-refractivity contribution is 5.10. The summed E-state index contributed by atoms with van der Waals surface area (Å²) in [5, 5.41) is 9.31. The Hall–Kier alpha value is -1.07. The first-order valence-electron chi connectivity index (χ1n) is 7.57. The number of rotatable bonds is 11. The Morgan fingerprint density at radius 1 is 0.833 bits per heavy atom. The van der Waals surface area contributed by atoms with Crippen LogP contribution in [0.5, 0.6) is 0 Å². The maximum Gasteiger partial charge on any atom is 0.460 e. The van der Waals surface area contributed by atoms with Crippen molar-refractivity contribution in [1.82, 2.24) is 0 Å². The van der Waals surface area contributed by atoms with E-state index in [1.807, 2.05) is 0 Å². The molecule has 0 aliphatic carbocycles. The van der Waals surface area contributed by atoms with E-state index in [-0.39, 0.29) is 6.61 Å². The molecule has 1 N–H and O–H groups in total. The number of alkyl halides is 13. The second-order valence-electron chi connectivity index (χ2n) is 6.16. The number of ether oxygens (including phenoxy) is 3. The molecule has 1 aliphatic heterocycles. The van der Waals surface area contributed by atoms with Crippen molar-refractivity contribution in [3.63, 3.8) is 0 Å². The molecule has 4 nitrogen and oxygen atoms in total. The SMILES string of the molecule is COC(O)C(CC(F)(F)C(F)(F)C(F)(F)C(F)(F)C(F)(F)C(F)(F)F)OCC1CO1. The van der Waals surface area contributed by atoms with Gasteiger partial charge in [-0.3, -0.25) is 0 Å². The molecule has 0 aromatic carbocycles. The van der Waals surface area contributed by atoms with Gasteiger partial charge in [0.2, 0.25) is 0 Å². The molecule has 180 valence electrons. The van der Waals surface area contributed by atoms with E-state index in [1.54, 1.807) is 0 Å². The number of epoxide rings is 1. The van der Waals surface area contributed by atoms with Gasteiger partial charge in [0.1, 0.15) is 12.2 Å². The number of halogens is 13. The van der Waals surface area contributed by atoms with Gasteiger partial charge in [-0.1, -0.05) is 0 Å². The zero-order valence-corrected chi connectivity index (χ0v) is 14.4. The van der Waals surface area contributed by atoms with E-state index in [0.717, 1.165) is 0 Å². The zero-order valence-electron chi connectivity index (χ0n) is 14.4. The predicted molar refractivity (Wildman–Crippen MR) is 67.9 cm³/mol. The lowest BCUT2D eigenvalue weighted by Gasteiger charge is -2.40. The molecule has 1 rings (SSSR count). The molecule has 0 aromatic heterocycles. The third kappa shape index (κ3) is 4.57. The van der Waals surface area contributed by atoms with Gasteiger partial charge >= 0.3 is 35.8 Å². The van der Waals surface area contributed by atoms with Crippen molar-refractivity contribution >= 4 is 0 Å². The summed E-state index contributed by atoms with van der Waals surface area (Å²) in [6.07, 6.45) is -16.1. The molecule has 0 bridgehead atoms. The van der Waals surface area contributed by atoms with Crippen LogP contribution in [0.4, 0.5) is 57.1 Å². The summed E-state index contributed by atoms with van der Waals surface area (Å²) in [6, 6.07) is 0. The third-order valence-corrected chi connectivity index (χ3v) is 3.91. The summed E-state index contributed by atoms with van der Waals surface area (Å²) in [5.74, 6) is -37.5. The van der Waals surface area contributed by atoms with Gasteiger partial charge < -0.3 is 19.3 Å². The molecule has 17 heteroatoms. The highest BCUT2D eigenvalue weighted by Gasteiger charge is 2.90. The van der Waals surface area contributed by atoms with Gasteiger partial charge in [-0.2, -0.15) is 57.1 Å². The van der Waals surface area contributed by atoms with Gasteiger partial charge in [0.15, 0.2) is 6.29 Å². The molecule has 0 radical (unpaired) electrons. The summed E-state index contributed by atoms with van der Waals surface area (Å²) in [6.45, 7) is -0.676. The Labute approximate surface area is 158 Å². The minimum absolute atomic E-state index is 0.000825.